The van der Waals surface area contributed by atoms with E-state index in [4.69, 9.17) is 16.6 Å². The molecule has 3 nitrogen and oxygen atoms in total. The first-order chi connectivity index (χ1) is 9.56. The second-order valence-electron chi connectivity index (χ2n) is 5.78. The summed E-state index contributed by atoms with van der Waals surface area (Å²) in [6, 6.07) is 2.42. The van der Waals surface area contributed by atoms with Crippen molar-refractivity contribution in [1.82, 2.24) is 9.97 Å². The number of halogens is 1. The maximum absolute atomic E-state index is 6.38. The zero-order valence-corrected chi connectivity index (χ0v) is 13.3. The molecule has 1 atom stereocenters. The first-order valence-electron chi connectivity index (χ1n) is 6.97. The van der Waals surface area contributed by atoms with E-state index in [1.54, 1.807) is 0 Å². The smallest absolute Gasteiger partial charge is 0.153 e. The Bertz CT molecular complexity index is 705. The number of hydrogen-bond acceptors (Lipinski definition) is 4. The number of thiazole rings is 1. The van der Waals surface area contributed by atoms with Crippen molar-refractivity contribution in [2.75, 3.05) is 11.9 Å². The normalized spacial score (nSPS) is 20.8. The molecule has 4 rings (SSSR count). The van der Waals surface area contributed by atoms with Gasteiger partial charge in [0.25, 0.3) is 0 Å². The number of aromatic nitrogens is 2. The first kappa shape index (κ1) is 12.6. The highest BCUT2D eigenvalue weighted by molar-refractivity contribution is 7.12. The molecule has 5 heteroatoms. The molecule has 1 saturated carbocycles. The van der Waals surface area contributed by atoms with Crippen molar-refractivity contribution in [1.29, 1.82) is 0 Å². The van der Waals surface area contributed by atoms with Crippen LogP contribution in [0.4, 0.5) is 5.69 Å². The fourth-order valence-electron chi connectivity index (χ4n) is 2.84. The number of anilines is 1. The topological polar surface area (TPSA) is 29.0 Å². The van der Waals surface area contributed by atoms with Gasteiger partial charge in [-0.25, -0.2) is 9.97 Å². The minimum Gasteiger partial charge on any atom is -0.364 e. The van der Waals surface area contributed by atoms with Gasteiger partial charge in [0.2, 0.25) is 0 Å². The van der Waals surface area contributed by atoms with E-state index in [-0.39, 0.29) is 0 Å². The summed E-state index contributed by atoms with van der Waals surface area (Å²) in [5.41, 5.74) is 4.24. The lowest BCUT2D eigenvalue weighted by atomic mass is 10.0. The second kappa shape index (κ2) is 4.18. The maximum Gasteiger partial charge on any atom is 0.153 e. The van der Waals surface area contributed by atoms with Gasteiger partial charge in [-0.05, 0) is 32.8 Å². The van der Waals surface area contributed by atoms with Gasteiger partial charge in [-0.2, -0.15) is 0 Å². The van der Waals surface area contributed by atoms with Crippen LogP contribution in [-0.2, 0) is 0 Å². The SMILES string of the molecule is Cc1cc2c(c(Cl)n1)N(C)C(C)c1sc(C3CC3)nc1-2. The van der Waals surface area contributed by atoms with Gasteiger partial charge < -0.3 is 4.90 Å². The highest BCUT2D eigenvalue weighted by Gasteiger charge is 2.35. The molecule has 1 unspecified atom stereocenters. The Labute approximate surface area is 127 Å². The fourth-order valence-corrected chi connectivity index (χ4v) is 4.56. The highest BCUT2D eigenvalue weighted by atomic mass is 35.5. The van der Waals surface area contributed by atoms with Gasteiger partial charge in [0.1, 0.15) is 0 Å². The van der Waals surface area contributed by atoms with Crippen LogP contribution in [-0.4, -0.2) is 17.0 Å². The third-order valence-corrected chi connectivity index (χ3v) is 5.89. The quantitative estimate of drug-likeness (QED) is 0.723. The fraction of sp³-hybridized carbons (Fsp3) is 0.467. The highest BCUT2D eigenvalue weighted by Crippen LogP contribution is 2.51. The molecule has 0 N–H and O–H groups in total. The van der Waals surface area contributed by atoms with E-state index >= 15 is 0 Å². The summed E-state index contributed by atoms with van der Waals surface area (Å²) in [4.78, 5) is 12.9. The molecule has 2 aromatic rings. The van der Waals surface area contributed by atoms with E-state index in [2.05, 4.69) is 29.9 Å². The maximum atomic E-state index is 6.38. The van der Waals surface area contributed by atoms with Gasteiger partial charge >= 0.3 is 0 Å². The van der Waals surface area contributed by atoms with E-state index in [0.29, 0.717) is 17.1 Å². The Balaban J connectivity index is 1.98. The summed E-state index contributed by atoms with van der Waals surface area (Å²) >= 11 is 8.26. The molecule has 0 spiro atoms. The molecule has 1 aliphatic carbocycles. The molecule has 2 aliphatic rings. The lowest BCUT2D eigenvalue weighted by Gasteiger charge is -2.33. The monoisotopic (exact) mass is 305 g/mol. The van der Waals surface area contributed by atoms with Crippen LogP contribution in [0.3, 0.4) is 0 Å². The Hall–Kier alpha value is -1.13. The largest absolute Gasteiger partial charge is 0.364 e. The van der Waals surface area contributed by atoms with E-state index < -0.39 is 0 Å². The molecule has 1 fully saturated rings. The summed E-state index contributed by atoms with van der Waals surface area (Å²) in [6.45, 7) is 4.20. The molecule has 104 valence electrons. The standard InChI is InChI=1S/C15H16ClN3S/c1-7-6-10-11-13(20-15(18-11)9-4-5-9)8(2)19(3)12(10)14(16)17-7/h6,8-9H,4-5H2,1-3H3. The molecular weight excluding hydrogens is 290 g/mol. The molecule has 0 amide bonds. The van der Waals surface area contributed by atoms with Crippen LogP contribution in [0.15, 0.2) is 6.07 Å². The number of aryl methyl sites for hydroxylation is 1. The average molecular weight is 306 g/mol. The van der Waals surface area contributed by atoms with Crippen LogP contribution in [0, 0.1) is 6.92 Å². The second-order valence-corrected chi connectivity index (χ2v) is 7.20. The Morgan fingerprint density at radius 2 is 2.10 bits per heavy atom. The van der Waals surface area contributed by atoms with Crippen LogP contribution in [0.5, 0.6) is 0 Å². The molecule has 20 heavy (non-hydrogen) atoms. The molecule has 1 aliphatic heterocycles. The number of pyridine rings is 1. The minimum absolute atomic E-state index is 0.310. The van der Waals surface area contributed by atoms with Gasteiger partial charge in [0.15, 0.2) is 5.15 Å². The summed E-state index contributed by atoms with van der Waals surface area (Å²) in [5, 5.41) is 1.88. The summed E-state index contributed by atoms with van der Waals surface area (Å²) < 4.78 is 0. The van der Waals surface area contributed by atoms with Crippen molar-refractivity contribution in [3.8, 4) is 11.3 Å². The molecule has 0 radical (unpaired) electrons. The summed E-state index contributed by atoms with van der Waals surface area (Å²) in [5.74, 6) is 0.699. The van der Waals surface area contributed by atoms with Crippen LogP contribution in [0.2, 0.25) is 5.15 Å². The molecule has 0 aromatic carbocycles. The van der Waals surface area contributed by atoms with Crippen molar-refractivity contribution >= 4 is 28.6 Å². The van der Waals surface area contributed by atoms with Gasteiger partial charge in [-0.15, -0.1) is 11.3 Å². The third kappa shape index (κ3) is 1.71. The van der Waals surface area contributed by atoms with Crippen LogP contribution in [0.25, 0.3) is 11.3 Å². The molecule has 3 heterocycles. The Kier molecular flexibility index (Phi) is 2.63. The van der Waals surface area contributed by atoms with Gasteiger partial charge in [0, 0.05) is 24.2 Å². The predicted octanol–water partition coefficient (Wildman–Crippen LogP) is 4.56. The van der Waals surface area contributed by atoms with E-state index in [1.807, 2.05) is 18.3 Å². The lowest BCUT2D eigenvalue weighted by Crippen LogP contribution is -2.26. The number of rotatable bonds is 1. The van der Waals surface area contributed by atoms with Crippen molar-refractivity contribution in [2.24, 2.45) is 0 Å². The average Bonchev–Trinajstić information content (AvgIpc) is 3.14. The van der Waals surface area contributed by atoms with Crippen molar-refractivity contribution in [3.63, 3.8) is 0 Å². The van der Waals surface area contributed by atoms with Crippen LogP contribution in [0.1, 0.15) is 47.3 Å². The molecule has 2 aromatic heterocycles. The molecular formula is C15H16ClN3S. The number of hydrogen-bond donors (Lipinski definition) is 0. The summed E-state index contributed by atoms with van der Waals surface area (Å²) in [6.07, 6.45) is 2.58. The van der Waals surface area contributed by atoms with Crippen molar-refractivity contribution in [2.45, 2.75) is 38.6 Å². The van der Waals surface area contributed by atoms with E-state index in [9.17, 15) is 0 Å². The van der Waals surface area contributed by atoms with Gasteiger partial charge in [-0.3, -0.25) is 0 Å². The van der Waals surface area contributed by atoms with Crippen LogP contribution >= 0.6 is 22.9 Å². The zero-order chi connectivity index (χ0) is 14.0. The van der Waals surface area contributed by atoms with Crippen molar-refractivity contribution < 1.29 is 0 Å². The third-order valence-electron chi connectivity index (χ3n) is 4.24. The van der Waals surface area contributed by atoms with Crippen molar-refractivity contribution in [3.05, 3.63) is 26.8 Å². The summed E-state index contributed by atoms with van der Waals surface area (Å²) in [7, 11) is 2.09. The molecule has 0 saturated heterocycles. The van der Waals surface area contributed by atoms with E-state index in [1.165, 1.54) is 22.7 Å². The molecule has 0 bridgehead atoms. The van der Waals surface area contributed by atoms with E-state index in [0.717, 1.165) is 22.6 Å². The number of nitrogens with zero attached hydrogens (tertiary/aromatic N) is 3. The van der Waals surface area contributed by atoms with Gasteiger partial charge in [0.05, 0.1) is 27.3 Å². The minimum atomic E-state index is 0.310. The predicted molar refractivity (Wildman–Crippen MR) is 83.9 cm³/mol. The Morgan fingerprint density at radius 3 is 2.80 bits per heavy atom. The van der Waals surface area contributed by atoms with Gasteiger partial charge in [-0.1, -0.05) is 11.6 Å². The first-order valence-corrected chi connectivity index (χ1v) is 8.16. The number of fused-ring (bicyclic) bond motifs is 3. The Morgan fingerprint density at radius 1 is 1.35 bits per heavy atom. The zero-order valence-electron chi connectivity index (χ0n) is 11.8. The lowest BCUT2D eigenvalue weighted by molar-refractivity contribution is 0.741. The van der Waals surface area contributed by atoms with Crippen LogP contribution < -0.4 is 4.90 Å².